The third-order valence-electron chi connectivity index (χ3n) is 4.61. The molecular formula is C21H21N3O5S. The Morgan fingerprint density at radius 1 is 1.10 bits per heavy atom. The maximum absolute atomic E-state index is 13.0. The summed E-state index contributed by atoms with van der Waals surface area (Å²) in [5.74, 6) is 0.884. The van der Waals surface area contributed by atoms with E-state index >= 15 is 0 Å². The van der Waals surface area contributed by atoms with E-state index in [0.717, 1.165) is 18.2 Å². The van der Waals surface area contributed by atoms with Crippen molar-refractivity contribution in [3.63, 3.8) is 0 Å². The van der Waals surface area contributed by atoms with Crippen molar-refractivity contribution >= 4 is 21.4 Å². The number of nitrogens with zero attached hydrogens (tertiary/aromatic N) is 2. The van der Waals surface area contributed by atoms with Crippen LogP contribution >= 0.6 is 0 Å². The first-order valence-electron chi connectivity index (χ1n) is 9.36. The highest BCUT2D eigenvalue weighted by Gasteiger charge is 2.20. The van der Waals surface area contributed by atoms with Crippen molar-refractivity contribution in [1.29, 1.82) is 0 Å². The van der Waals surface area contributed by atoms with Gasteiger partial charge in [0.2, 0.25) is 0 Å². The van der Waals surface area contributed by atoms with Crippen LogP contribution in [-0.4, -0.2) is 43.6 Å². The van der Waals surface area contributed by atoms with Crippen LogP contribution in [0.3, 0.4) is 0 Å². The number of fused-ring (bicyclic) bond motifs is 1. The Morgan fingerprint density at radius 2 is 1.87 bits per heavy atom. The smallest absolute Gasteiger partial charge is 0.259 e. The number of sulfone groups is 1. The maximum atomic E-state index is 13.0. The second-order valence-corrected chi connectivity index (χ2v) is 9.05. The van der Waals surface area contributed by atoms with Crippen molar-refractivity contribution in [2.45, 2.75) is 11.3 Å². The standard InChI is InChI=1S/C21H21N3O5S/c1-24-13-17(21(25)22-15-5-3-6-16(12-15)30(2,26)27)20(23-24)14-7-8-18-19(11-14)29-10-4-9-28-18/h3,5-8,11-13H,4,9-10H2,1-2H3,(H,22,25). The van der Waals surface area contributed by atoms with Gasteiger partial charge in [-0.3, -0.25) is 9.48 Å². The van der Waals surface area contributed by atoms with Gasteiger partial charge in [-0.25, -0.2) is 8.42 Å². The maximum Gasteiger partial charge on any atom is 0.259 e. The molecule has 0 bridgehead atoms. The Balaban J connectivity index is 1.65. The Morgan fingerprint density at radius 3 is 2.63 bits per heavy atom. The molecule has 0 radical (unpaired) electrons. The third-order valence-corrected chi connectivity index (χ3v) is 5.72. The average Bonchev–Trinajstić information content (AvgIpc) is 2.94. The van der Waals surface area contributed by atoms with Crippen LogP contribution in [-0.2, 0) is 16.9 Å². The number of carbonyl (C=O) groups excluding carboxylic acids is 1. The number of benzene rings is 2. The summed E-state index contributed by atoms with van der Waals surface area (Å²) in [6.07, 6.45) is 3.54. The number of aryl methyl sites for hydroxylation is 1. The molecule has 1 aliphatic rings. The van der Waals surface area contributed by atoms with Crippen LogP contribution in [0, 0.1) is 0 Å². The van der Waals surface area contributed by atoms with Crippen molar-refractivity contribution in [2.24, 2.45) is 7.05 Å². The summed E-state index contributed by atoms with van der Waals surface area (Å²) in [7, 11) is -1.65. The van der Waals surface area contributed by atoms with Gasteiger partial charge in [-0.15, -0.1) is 0 Å². The summed E-state index contributed by atoms with van der Waals surface area (Å²) >= 11 is 0. The molecule has 30 heavy (non-hydrogen) atoms. The molecule has 0 atom stereocenters. The molecule has 1 aromatic heterocycles. The van der Waals surface area contributed by atoms with E-state index in [2.05, 4.69) is 10.4 Å². The zero-order valence-electron chi connectivity index (χ0n) is 16.6. The molecule has 0 unspecified atom stereocenters. The van der Waals surface area contributed by atoms with Gasteiger partial charge in [0.25, 0.3) is 5.91 Å². The number of hydrogen-bond acceptors (Lipinski definition) is 6. The van der Waals surface area contributed by atoms with Gasteiger partial charge in [0.1, 0.15) is 5.69 Å². The van der Waals surface area contributed by atoms with Gasteiger partial charge in [-0.05, 0) is 36.4 Å². The molecule has 156 valence electrons. The molecule has 2 heterocycles. The zero-order chi connectivity index (χ0) is 21.3. The van der Waals surface area contributed by atoms with Gasteiger partial charge < -0.3 is 14.8 Å². The lowest BCUT2D eigenvalue weighted by molar-refractivity contribution is 0.102. The predicted molar refractivity (Wildman–Crippen MR) is 112 cm³/mol. The Hall–Kier alpha value is -3.33. The molecule has 0 saturated heterocycles. The van der Waals surface area contributed by atoms with E-state index in [1.54, 1.807) is 30.1 Å². The molecule has 4 rings (SSSR count). The number of carbonyl (C=O) groups is 1. The summed E-state index contributed by atoms with van der Waals surface area (Å²) in [6, 6.07) is 11.6. The Kier molecular flexibility index (Phi) is 5.21. The minimum Gasteiger partial charge on any atom is -0.490 e. The first-order valence-corrected chi connectivity index (χ1v) is 11.3. The number of hydrogen-bond donors (Lipinski definition) is 1. The normalized spacial score (nSPS) is 13.5. The van der Waals surface area contributed by atoms with E-state index in [0.29, 0.717) is 41.7 Å². The molecule has 2 aromatic carbocycles. The van der Waals surface area contributed by atoms with E-state index < -0.39 is 15.7 Å². The quantitative estimate of drug-likeness (QED) is 0.687. The predicted octanol–water partition coefficient (Wildman–Crippen LogP) is 2.90. The minimum absolute atomic E-state index is 0.134. The first kappa shape index (κ1) is 20.0. The van der Waals surface area contributed by atoms with E-state index in [9.17, 15) is 13.2 Å². The second kappa shape index (κ2) is 7.83. The van der Waals surface area contributed by atoms with Crippen molar-refractivity contribution in [3.05, 3.63) is 54.2 Å². The molecule has 1 aliphatic heterocycles. The van der Waals surface area contributed by atoms with Crippen LogP contribution in [0.25, 0.3) is 11.3 Å². The summed E-state index contributed by atoms with van der Waals surface area (Å²) in [6.45, 7) is 1.15. The lowest BCUT2D eigenvalue weighted by atomic mass is 10.1. The molecule has 0 fully saturated rings. The molecule has 1 N–H and O–H groups in total. The van der Waals surface area contributed by atoms with Crippen LogP contribution in [0.4, 0.5) is 5.69 Å². The summed E-state index contributed by atoms with van der Waals surface area (Å²) < 4.78 is 36.5. The number of anilines is 1. The molecule has 0 aliphatic carbocycles. The first-order chi connectivity index (χ1) is 14.3. The highest BCUT2D eigenvalue weighted by Crippen LogP contribution is 2.35. The highest BCUT2D eigenvalue weighted by molar-refractivity contribution is 7.90. The van der Waals surface area contributed by atoms with Gasteiger partial charge >= 0.3 is 0 Å². The summed E-state index contributed by atoms with van der Waals surface area (Å²) in [5.41, 5.74) is 1.95. The second-order valence-electron chi connectivity index (χ2n) is 7.03. The van der Waals surface area contributed by atoms with Crippen LogP contribution in [0.5, 0.6) is 11.5 Å². The largest absolute Gasteiger partial charge is 0.490 e. The number of aromatic nitrogens is 2. The molecule has 1 amide bonds. The molecule has 8 nitrogen and oxygen atoms in total. The van der Waals surface area contributed by atoms with Crippen LogP contribution in [0.15, 0.2) is 53.6 Å². The van der Waals surface area contributed by atoms with Crippen LogP contribution < -0.4 is 14.8 Å². The Labute approximate surface area is 174 Å². The number of rotatable bonds is 4. The van der Waals surface area contributed by atoms with E-state index in [4.69, 9.17) is 9.47 Å². The lowest BCUT2D eigenvalue weighted by Crippen LogP contribution is -2.12. The average molecular weight is 427 g/mol. The van der Waals surface area contributed by atoms with Crippen LogP contribution in [0.2, 0.25) is 0 Å². The fourth-order valence-electron chi connectivity index (χ4n) is 3.18. The van der Waals surface area contributed by atoms with E-state index in [-0.39, 0.29) is 4.90 Å². The van der Waals surface area contributed by atoms with Crippen molar-refractivity contribution in [3.8, 4) is 22.8 Å². The van der Waals surface area contributed by atoms with E-state index in [1.807, 2.05) is 18.2 Å². The molecule has 3 aromatic rings. The summed E-state index contributed by atoms with van der Waals surface area (Å²) in [5, 5.41) is 7.19. The molecular weight excluding hydrogens is 406 g/mol. The lowest BCUT2D eigenvalue weighted by Gasteiger charge is -2.10. The van der Waals surface area contributed by atoms with Gasteiger partial charge in [-0.2, -0.15) is 5.10 Å². The number of nitrogens with one attached hydrogen (secondary N) is 1. The fraction of sp³-hybridized carbons (Fsp3) is 0.238. The zero-order valence-corrected chi connectivity index (χ0v) is 17.4. The molecule has 0 spiro atoms. The summed E-state index contributed by atoms with van der Waals surface area (Å²) in [4.78, 5) is 13.1. The van der Waals surface area contributed by atoms with Gasteiger partial charge in [0, 0.05) is 37.2 Å². The van der Waals surface area contributed by atoms with Gasteiger partial charge in [-0.1, -0.05) is 6.07 Å². The fourth-order valence-corrected chi connectivity index (χ4v) is 3.85. The number of ether oxygens (including phenoxy) is 2. The highest BCUT2D eigenvalue weighted by atomic mass is 32.2. The number of amides is 1. The third kappa shape index (κ3) is 4.16. The SMILES string of the molecule is Cn1cc(C(=O)Nc2cccc(S(C)(=O)=O)c2)c(-c2ccc3c(c2)OCCCO3)n1. The van der Waals surface area contributed by atoms with E-state index in [1.165, 1.54) is 12.1 Å². The van der Waals surface area contributed by atoms with Gasteiger partial charge in [0.05, 0.1) is 23.7 Å². The molecule has 0 saturated carbocycles. The van der Waals surface area contributed by atoms with Gasteiger partial charge in [0.15, 0.2) is 21.3 Å². The minimum atomic E-state index is -3.38. The molecule has 9 heteroatoms. The van der Waals surface area contributed by atoms with Crippen LogP contribution in [0.1, 0.15) is 16.8 Å². The Bertz CT molecular complexity index is 1220. The topological polar surface area (TPSA) is 99.5 Å². The van der Waals surface area contributed by atoms with Crippen molar-refractivity contribution < 1.29 is 22.7 Å². The van der Waals surface area contributed by atoms with Crippen molar-refractivity contribution in [1.82, 2.24) is 9.78 Å². The monoisotopic (exact) mass is 427 g/mol. The van der Waals surface area contributed by atoms with Crippen molar-refractivity contribution in [2.75, 3.05) is 24.8 Å².